The topological polar surface area (TPSA) is 99.2 Å². The summed E-state index contributed by atoms with van der Waals surface area (Å²) in [5.74, 6) is -1.21. The molecule has 8 nitrogen and oxygen atoms in total. The Balaban J connectivity index is 1.52. The number of aliphatic carboxylic acids is 1. The lowest BCUT2D eigenvalue weighted by Gasteiger charge is -2.33. The van der Waals surface area contributed by atoms with E-state index >= 15 is 0 Å². The van der Waals surface area contributed by atoms with Crippen LogP contribution in [0.4, 0.5) is 16.2 Å². The summed E-state index contributed by atoms with van der Waals surface area (Å²) in [5.41, 5.74) is 5.16. The highest BCUT2D eigenvalue weighted by Crippen LogP contribution is 2.31. The van der Waals surface area contributed by atoms with Crippen LogP contribution in [0.15, 0.2) is 78.9 Å². The predicted octanol–water partition coefficient (Wildman–Crippen LogP) is 7.13. The van der Waals surface area contributed by atoms with Crippen molar-refractivity contribution in [3.8, 4) is 11.1 Å². The number of hydrogen-bond acceptors (Lipinski definition) is 5. The summed E-state index contributed by atoms with van der Waals surface area (Å²) >= 11 is 0. The molecule has 1 aliphatic rings. The number of ether oxygens (including phenoxy) is 1. The number of hydrogen-bond donors (Lipinski definition) is 2. The van der Waals surface area contributed by atoms with E-state index in [1.165, 1.54) is 6.08 Å². The average molecular weight is 598 g/mol. The molecule has 232 valence electrons. The highest BCUT2D eigenvalue weighted by Gasteiger charge is 2.31. The molecule has 0 saturated heterocycles. The Morgan fingerprint density at radius 2 is 1.50 bits per heavy atom. The summed E-state index contributed by atoms with van der Waals surface area (Å²) in [6.07, 6.45) is 4.86. The average Bonchev–Trinajstić information content (AvgIpc) is 2.98. The van der Waals surface area contributed by atoms with E-state index in [4.69, 9.17) is 9.84 Å². The summed E-state index contributed by atoms with van der Waals surface area (Å²) in [7, 11) is 4.03. The van der Waals surface area contributed by atoms with E-state index in [0.717, 1.165) is 28.5 Å². The van der Waals surface area contributed by atoms with Crippen LogP contribution in [0.5, 0.6) is 0 Å². The van der Waals surface area contributed by atoms with Gasteiger partial charge in [0.25, 0.3) is 0 Å². The highest BCUT2D eigenvalue weighted by atomic mass is 16.6. The van der Waals surface area contributed by atoms with Crippen LogP contribution in [0.1, 0.15) is 57.6 Å². The van der Waals surface area contributed by atoms with E-state index in [0.29, 0.717) is 43.5 Å². The van der Waals surface area contributed by atoms with Gasteiger partial charge in [-0.15, -0.1) is 0 Å². The molecule has 44 heavy (non-hydrogen) atoms. The van der Waals surface area contributed by atoms with Gasteiger partial charge in [-0.3, -0.25) is 4.79 Å². The maximum Gasteiger partial charge on any atom is 0.407 e. The SMILES string of the molecule is CN(C)c1ccc(-c2ccc(CN(c3cccc(C=CC(=O)O)c3)C(=O)[C@H]3CC[C@H](NC(=O)OC(C)(C)C)CC3)cc2)cc1. The Bertz CT molecular complexity index is 1460. The first-order chi connectivity index (χ1) is 20.9. The van der Waals surface area contributed by atoms with Crippen molar-refractivity contribution in [2.24, 2.45) is 5.92 Å². The third kappa shape index (κ3) is 9.20. The predicted molar refractivity (Wildman–Crippen MR) is 176 cm³/mol. The molecule has 0 heterocycles. The molecule has 4 rings (SSSR count). The molecule has 2 N–H and O–H groups in total. The van der Waals surface area contributed by atoms with Crippen LogP contribution in [0.2, 0.25) is 0 Å². The standard InChI is InChI=1S/C36H43N3O5/c1-36(2,3)44-35(43)37-30-18-14-29(15-19-30)34(42)39(32-8-6-7-25(23-32)11-22-33(40)41)24-26-9-12-27(13-10-26)28-16-20-31(21-17-28)38(4)5/h6-13,16-17,20-23,29-30H,14-15,18-19,24H2,1-5H3,(H,37,43)(H,40,41)/t29-,30-. The molecule has 3 aromatic carbocycles. The molecule has 1 fully saturated rings. The van der Waals surface area contributed by atoms with Crippen LogP contribution < -0.4 is 15.1 Å². The van der Waals surface area contributed by atoms with Crippen molar-refractivity contribution in [3.05, 3.63) is 90.0 Å². The Hall–Kier alpha value is -4.59. The van der Waals surface area contributed by atoms with Gasteiger partial charge in [-0.1, -0.05) is 48.5 Å². The second-order valence-corrected chi connectivity index (χ2v) is 12.5. The summed E-state index contributed by atoms with van der Waals surface area (Å²) in [4.78, 5) is 41.3. The van der Waals surface area contributed by atoms with Gasteiger partial charge in [-0.25, -0.2) is 9.59 Å². The molecule has 0 bridgehead atoms. The Labute approximate surface area is 260 Å². The van der Waals surface area contributed by atoms with Gasteiger partial charge in [0, 0.05) is 43.5 Å². The van der Waals surface area contributed by atoms with Gasteiger partial charge in [-0.05, 0) is 99.0 Å². The van der Waals surface area contributed by atoms with Crippen LogP contribution in [0.25, 0.3) is 17.2 Å². The molecule has 0 aliphatic heterocycles. The van der Waals surface area contributed by atoms with Crippen molar-refractivity contribution < 1.29 is 24.2 Å². The second kappa shape index (κ2) is 14.3. The normalized spacial score (nSPS) is 16.8. The number of carboxylic acids is 1. The van der Waals surface area contributed by atoms with Gasteiger partial charge in [0.2, 0.25) is 5.91 Å². The van der Waals surface area contributed by atoms with Gasteiger partial charge >= 0.3 is 12.1 Å². The van der Waals surface area contributed by atoms with Crippen LogP contribution in [0, 0.1) is 5.92 Å². The number of alkyl carbamates (subject to hydrolysis) is 1. The third-order valence-electron chi connectivity index (χ3n) is 7.68. The number of benzene rings is 3. The Kier molecular flexibility index (Phi) is 10.5. The lowest BCUT2D eigenvalue weighted by atomic mass is 9.85. The molecule has 1 saturated carbocycles. The minimum atomic E-state index is -1.03. The fourth-order valence-corrected chi connectivity index (χ4v) is 5.38. The quantitative estimate of drug-likeness (QED) is 0.255. The van der Waals surface area contributed by atoms with E-state index in [1.54, 1.807) is 4.90 Å². The zero-order chi connectivity index (χ0) is 31.9. The van der Waals surface area contributed by atoms with Crippen molar-refractivity contribution in [2.45, 2.75) is 64.6 Å². The Morgan fingerprint density at radius 3 is 2.07 bits per heavy atom. The number of nitrogens with one attached hydrogen (secondary N) is 1. The molecular weight excluding hydrogens is 554 g/mol. The lowest BCUT2D eigenvalue weighted by molar-refractivity contribution is -0.131. The largest absolute Gasteiger partial charge is 0.478 e. The van der Waals surface area contributed by atoms with Gasteiger partial charge in [0.15, 0.2) is 0 Å². The molecule has 0 radical (unpaired) electrons. The fourth-order valence-electron chi connectivity index (χ4n) is 5.38. The molecule has 0 unspecified atom stereocenters. The van der Waals surface area contributed by atoms with Crippen molar-refractivity contribution in [1.29, 1.82) is 0 Å². The summed E-state index contributed by atoms with van der Waals surface area (Å²) in [6, 6.07) is 24.0. The van der Waals surface area contributed by atoms with E-state index in [2.05, 4.69) is 46.6 Å². The first kappa shape index (κ1) is 32.3. The Morgan fingerprint density at radius 1 is 0.886 bits per heavy atom. The van der Waals surface area contributed by atoms with Gasteiger partial charge in [0.05, 0.1) is 6.54 Å². The van der Waals surface area contributed by atoms with Crippen LogP contribution in [-0.4, -0.2) is 48.8 Å². The van der Waals surface area contributed by atoms with Crippen LogP contribution in [0.3, 0.4) is 0 Å². The maximum absolute atomic E-state index is 14.1. The van der Waals surface area contributed by atoms with E-state index in [-0.39, 0.29) is 17.9 Å². The van der Waals surface area contributed by atoms with Crippen molar-refractivity contribution >= 4 is 35.4 Å². The fraction of sp³-hybridized carbons (Fsp3) is 0.361. The zero-order valence-electron chi connectivity index (χ0n) is 26.2. The highest BCUT2D eigenvalue weighted by molar-refractivity contribution is 5.95. The molecule has 0 aromatic heterocycles. The third-order valence-corrected chi connectivity index (χ3v) is 7.68. The number of carbonyl (C=O) groups is 3. The van der Waals surface area contributed by atoms with E-state index in [1.807, 2.05) is 71.3 Å². The molecule has 0 spiro atoms. The van der Waals surface area contributed by atoms with Crippen LogP contribution >= 0.6 is 0 Å². The molecule has 1 aliphatic carbocycles. The number of carboxylic acid groups (broad SMARTS) is 1. The number of nitrogens with zero attached hydrogens (tertiary/aromatic N) is 2. The van der Waals surface area contributed by atoms with Crippen LogP contribution in [-0.2, 0) is 20.9 Å². The number of anilines is 2. The number of rotatable bonds is 9. The molecule has 0 atom stereocenters. The summed E-state index contributed by atoms with van der Waals surface area (Å²) in [5, 5.41) is 12.0. The molecule has 2 amide bonds. The van der Waals surface area contributed by atoms with Crippen molar-refractivity contribution in [1.82, 2.24) is 5.32 Å². The monoisotopic (exact) mass is 597 g/mol. The van der Waals surface area contributed by atoms with Gasteiger partial charge in [0.1, 0.15) is 5.60 Å². The van der Waals surface area contributed by atoms with Gasteiger partial charge < -0.3 is 25.0 Å². The molecule has 8 heteroatoms. The first-order valence-corrected chi connectivity index (χ1v) is 15.1. The van der Waals surface area contributed by atoms with E-state index in [9.17, 15) is 14.4 Å². The zero-order valence-corrected chi connectivity index (χ0v) is 26.2. The van der Waals surface area contributed by atoms with E-state index < -0.39 is 17.7 Å². The summed E-state index contributed by atoms with van der Waals surface area (Å²) < 4.78 is 5.40. The molecule has 3 aromatic rings. The maximum atomic E-state index is 14.1. The summed E-state index contributed by atoms with van der Waals surface area (Å²) in [6.45, 7) is 5.87. The van der Waals surface area contributed by atoms with Crippen molar-refractivity contribution in [3.63, 3.8) is 0 Å². The smallest absolute Gasteiger partial charge is 0.407 e. The minimum absolute atomic E-state index is 0.0171. The minimum Gasteiger partial charge on any atom is -0.478 e. The molecular formula is C36H43N3O5. The first-order valence-electron chi connectivity index (χ1n) is 15.1. The van der Waals surface area contributed by atoms with Gasteiger partial charge in [-0.2, -0.15) is 0 Å². The lowest BCUT2D eigenvalue weighted by Crippen LogP contribution is -2.43. The number of carbonyl (C=O) groups excluding carboxylic acids is 2. The second-order valence-electron chi connectivity index (χ2n) is 12.5. The van der Waals surface area contributed by atoms with Crippen molar-refractivity contribution in [2.75, 3.05) is 23.9 Å². The number of amides is 2.